The van der Waals surface area contributed by atoms with Crippen molar-refractivity contribution < 1.29 is 28.7 Å². The highest BCUT2D eigenvalue weighted by Gasteiger charge is 2.11. The van der Waals surface area contributed by atoms with E-state index in [1.165, 1.54) is 6.08 Å². The minimum absolute atomic E-state index is 0.0257. The molecule has 1 aromatic rings. The molecule has 5 amide bonds. The summed E-state index contributed by atoms with van der Waals surface area (Å²) < 4.78 is 5.27. The molecule has 0 aliphatic carbocycles. The van der Waals surface area contributed by atoms with Gasteiger partial charge >= 0.3 is 0 Å². The van der Waals surface area contributed by atoms with E-state index in [1.807, 2.05) is 32.9 Å². The van der Waals surface area contributed by atoms with Gasteiger partial charge in [-0.1, -0.05) is 43.9 Å². The standard InChI is InChI=1S/C15H26N2O4.C10H11BN2O2/c1-5-6-15(20)17(11-18)8-10-21-9-7-14(19)16-13(4)12(2)3;11-5-8-1-3-9(4-2-8)13-10(15)6-12-7-14/h5-6,11-13H,7-10H2,1-4H3,(H,16,19);1-4,7H,5-6H2,(H,12,14)(H,13,15)/b6-5-;. The summed E-state index contributed by atoms with van der Waals surface area (Å²) in [7, 11) is 5.43. The van der Waals surface area contributed by atoms with Crippen LogP contribution in [0.2, 0.25) is 0 Å². The Bertz CT molecular complexity index is 845. The first-order chi connectivity index (χ1) is 17.2. The molecule has 1 unspecified atom stereocenters. The van der Waals surface area contributed by atoms with Gasteiger partial charge in [-0.3, -0.25) is 28.9 Å². The fourth-order valence-electron chi connectivity index (χ4n) is 2.44. The lowest BCUT2D eigenvalue weighted by Gasteiger charge is -2.17. The molecule has 1 atom stereocenters. The number of ether oxygens (including phenoxy) is 1. The molecule has 0 aliphatic heterocycles. The zero-order chi connectivity index (χ0) is 27.3. The number of allylic oxidation sites excluding steroid dienone is 1. The largest absolute Gasteiger partial charge is 0.379 e. The first-order valence-corrected chi connectivity index (χ1v) is 11.7. The van der Waals surface area contributed by atoms with Crippen LogP contribution in [0.4, 0.5) is 5.69 Å². The predicted molar refractivity (Wildman–Crippen MR) is 139 cm³/mol. The Hall–Kier alpha value is -3.47. The number of amides is 5. The molecule has 0 fully saturated rings. The van der Waals surface area contributed by atoms with Crippen molar-refractivity contribution in [1.29, 1.82) is 0 Å². The van der Waals surface area contributed by atoms with Gasteiger partial charge < -0.3 is 20.7 Å². The molecule has 0 saturated heterocycles. The maximum atomic E-state index is 11.6. The number of hydrogen-bond acceptors (Lipinski definition) is 6. The number of anilines is 1. The van der Waals surface area contributed by atoms with Gasteiger partial charge in [0.15, 0.2) is 0 Å². The summed E-state index contributed by atoms with van der Waals surface area (Å²) in [5.74, 6) is -0.315. The molecule has 0 spiro atoms. The molecule has 2 radical (unpaired) electrons. The van der Waals surface area contributed by atoms with Gasteiger partial charge in [-0.05, 0) is 38.0 Å². The predicted octanol–water partition coefficient (Wildman–Crippen LogP) is 1.15. The zero-order valence-corrected chi connectivity index (χ0v) is 21.5. The second kappa shape index (κ2) is 19.8. The van der Waals surface area contributed by atoms with E-state index in [4.69, 9.17) is 12.6 Å². The Labute approximate surface area is 214 Å². The highest BCUT2D eigenvalue weighted by Crippen LogP contribution is 2.08. The Morgan fingerprint density at radius 1 is 1.06 bits per heavy atom. The van der Waals surface area contributed by atoms with Crippen LogP contribution in [0.15, 0.2) is 36.4 Å². The highest BCUT2D eigenvalue weighted by atomic mass is 16.5. The van der Waals surface area contributed by atoms with Gasteiger partial charge in [0.1, 0.15) is 0 Å². The Morgan fingerprint density at radius 2 is 1.72 bits per heavy atom. The lowest BCUT2D eigenvalue weighted by atomic mass is 9.97. The lowest BCUT2D eigenvalue weighted by Crippen LogP contribution is -2.36. The molecular formula is C25H37BN4O6. The molecule has 10 nitrogen and oxygen atoms in total. The molecule has 196 valence electrons. The van der Waals surface area contributed by atoms with E-state index in [1.54, 1.807) is 25.1 Å². The lowest BCUT2D eigenvalue weighted by molar-refractivity contribution is -0.135. The summed E-state index contributed by atoms with van der Waals surface area (Å²) in [5, 5.41) is 7.78. The van der Waals surface area contributed by atoms with E-state index in [9.17, 15) is 24.0 Å². The summed E-state index contributed by atoms with van der Waals surface area (Å²) in [6.07, 6.45) is 4.58. The molecule has 0 aromatic heterocycles. The summed E-state index contributed by atoms with van der Waals surface area (Å²) in [6, 6.07) is 7.33. The second-order valence-corrected chi connectivity index (χ2v) is 8.05. The first-order valence-electron chi connectivity index (χ1n) is 11.7. The Kier molecular flexibility index (Phi) is 17.9. The normalized spacial score (nSPS) is 11.1. The van der Waals surface area contributed by atoms with E-state index in [2.05, 4.69) is 16.0 Å². The van der Waals surface area contributed by atoms with Gasteiger partial charge in [0.2, 0.25) is 24.6 Å². The van der Waals surface area contributed by atoms with Crippen LogP contribution >= 0.6 is 0 Å². The average Bonchev–Trinajstić information content (AvgIpc) is 2.85. The third kappa shape index (κ3) is 15.4. The Morgan fingerprint density at radius 3 is 2.25 bits per heavy atom. The van der Waals surface area contributed by atoms with Crippen molar-refractivity contribution in [2.75, 3.05) is 31.6 Å². The molecule has 36 heavy (non-hydrogen) atoms. The number of rotatable bonds is 15. The molecule has 1 aromatic carbocycles. The smallest absolute Gasteiger partial charge is 0.252 e. The van der Waals surface area contributed by atoms with E-state index in [0.717, 1.165) is 10.5 Å². The summed E-state index contributed by atoms with van der Waals surface area (Å²) in [5.41, 5.74) is 1.68. The van der Waals surface area contributed by atoms with Crippen LogP contribution < -0.4 is 16.0 Å². The minimum atomic E-state index is -0.375. The summed E-state index contributed by atoms with van der Waals surface area (Å²) in [4.78, 5) is 55.9. The van der Waals surface area contributed by atoms with Gasteiger partial charge in [-0.15, -0.1) is 0 Å². The zero-order valence-electron chi connectivity index (χ0n) is 21.5. The minimum Gasteiger partial charge on any atom is -0.379 e. The van der Waals surface area contributed by atoms with Crippen LogP contribution in [-0.4, -0.2) is 75.6 Å². The molecule has 0 aliphatic rings. The highest BCUT2D eigenvalue weighted by molar-refractivity contribution is 6.08. The number of carbonyl (C=O) groups is 5. The maximum Gasteiger partial charge on any atom is 0.252 e. The SMILES string of the molecule is C/C=C\C(=O)N(C=O)CCOCCC(=O)NC(C)C(C)C.[B]Cc1ccc(NC(=O)CNC=O)cc1. The van der Waals surface area contributed by atoms with E-state index < -0.39 is 0 Å². The van der Waals surface area contributed by atoms with Crippen molar-refractivity contribution in [2.45, 2.75) is 46.5 Å². The van der Waals surface area contributed by atoms with Gasteiger partial charge in [-0.25, -0.2) is 0 Å². The molecule has 0 bridgehead atoms. The van der Waals surface area contributed by atoms with Crippen LogP contribution in [0, 0.1) is 5.92 Å². The van der Waals surface area contributed by atoms with Crippen molar-refractivity contribution in [2.24, 2.45) is 5.92 Å². The number of nitrogens with zero attached hydrogens (tertiary/aromatic N) is 1. The second-order valence-electron chi connectivity index (χ2n) is 8.05. The first kappa shape index (κ1) is 32.5. The summed E-state index contributed by atoms with van der Waals surface area (Å²) in [6.45, 7) is 8.37. The number of carbonyl (C=O) groups excluding carboxylic acids is 5. The molecular weight excluding hydrogens is 463 g/mol. The van der Waals surface area contributed by atoms with Crippen molar-refractivity contribution in [3.05, 3.63) is 42.0 Å². The molecule has 1 rings (SSSR count). The molecule has 0 heterocycles. The molecule has 0 saturated carbocycles. The van der Waals surface area contributed by atoms with Gasteiger partial charge in [0.25, 0.3) is 5.91 Å². The third-order valence-electron chi connectivity index (χ3n) is 4.88. The molecule has 3 N–H and O–H groups in total. The Balaban J connectivity index is 0.000000717. The fraction of sp³-hybridized carbons (Fsp3) is 0.480. The molecule has 11 heteroatoms. The number of nitrogens with one attached hydrogen (secondary N) is 3. The van der Waals surface area contributed by atoms with E-state index in [0.29, 0.717) is 30.7 Å². The van der Waals surface area contributed by atoms with Crippen molar-refractivity contribution in [3.63, 3.8) is 0 Å². The van der Waals surface area contributed by atoms with Gasteiger partial charge in [0.05, 0.1) is 34.1 Å². The van der Waals surface area contributed by atoms with Crippen LogP contribution in [0.5, 0.6) is 0 Å². The van der Waals surface area contributed by atoms with Crippen molar-refractivity contribution in [3.8, 4) is 0 Å². The van der Waals surface area contributed by atoms with Crippen LogP contribution in [0.3, 0.4) is 0 Å². The maximum absolute atomic E-state index is 11.6. The van der Waals surface area contributed by atoms with Crippen molar-refractivity contribution in [1.82, 2.24) is 15.5 Å². The van der Waals surface area contributed by atoms with Gasteiger partial charge in [0, 0.05) is 18.2 Å². The summed E-state index contributed by atoms with van der Waals surface area (Å²) >= 11 is 0. The van der Waals surface area contributed by atoms with Crippen molar-refractivity contribution >= 4 is 44.1 Å². The van der Waals surface area contributed by atoms with Crippen LogP contribution in [0.1, 0.15) is 39.7 Å². The average molecular weight is 500 g/mol. The monoisotopic (exact) mass is 500 g/mol. The third-order valence-corrected chi connectivity index (χ3v) is 4.88. The number of benzene rings is 1. The topological polar surface area (TPSA) is 134 Å². The van der Waals surface area contributed by atoms with Crippen LogP contribution in [0.25, 0.3) is 0 Å². The fourth-order valence-corrected chi connectivity index (χ4v) is 2.44. The number of hydrogen-bond donors (Lipinski definition) is 3. The van der Waals surface area contributed by atoms with E-state index >= 15 is 0 Å². The van der Waals surface area contributed by atoms with Crippen LogP contribution in [-0.2, 0) is 35.0 Å². The van der Waals surface area contributed by atoms with E-state index in [-0.39, 0.29) is 56.5 Å². The number of imide groups is 1. The quantitative estimate of drug-likeness (QED) is 0.143. The van der Waals surface area contributed by atoms with Gasteiger partial charge in [-0.2, -0.15) is 0 Å².